The molecule has 6 heteroatoms. The zero-order valence-corrected chi connectivity index (χ0v) is 15.9. The van der Waals surface area contributed by atoms with E-state index in [1.807, 2.05) is 45.0 Å². The summed E-state index contributed by atoms with van der Waals surface area (Å²) in [6, 6.07) is 12.8. The third-order valence-corrected chi connectivity index (χ3v) is 3.68. The number of aryl methyl sites for hydroxylation is 2. The van der Waals surface area contributed by atoms with Crippen LogP contribution in [0, 0.1) is 13.8 Å². The maximum atomic E-state index is 12.0. The molecule has 2 aromatic carbocycles. The van der Waals surface area contributed by atoms with E-state index in [9.17, 15) is 9.59 Å². The zero-order chi connectivity index (χ0) is 19.6. The third kappa shape index (κ3) is 6.66. The monoisotopic (exact) mass is 371 g/mol. The van der Waals surface area contributed by atoms with Crippen molar-refractivity contribution in [3.05, 3.63) is 53.6 Å². The van der Waals surface area contributed by atoms with Crippen LogP contribution in [0.4, 0.5) is 5.69 Å². The van der Waals surface area contributed by atoms with Gasteiger partial charge in [-0.25, -0.2) is 4.79 Å². The molecule has 0 bridgehead atoms. The van der Waals surface area contributed by atoms with E-state index in [-0.39, 0.29) is 13.2 Å². The van der Waals surface area contributed by atoms with Gasteiger partial charge in [-0.3, -0.25) is 4.79 Å². The first kappa shape index (κ1) is 20.3. The van der Waals surface area contributed by atoms with E-state index in [1.54, 1.807) is 18.2 Å². The molecule has 0 unspecified atom stereocenters. The number of carbonyl (C=O) groups is 2. The highest BCUT2D eigenvalue weighted by atomic mass is 16.6. The quantitative estimate of drug-likeness (QED) is 0.681. The number of hydrogen-bond donors (Lipinski definition) is 1. The van der Waals surface area contributed by atoms with Gasteiger partial charge in [-0.15, -0.1) is 0 Å². The topological polar surface area (TPSA) is 73.9 Å². The molecule has 0 aliphatic heterocycles. The molecule has 0 aliphatic carbocycles. The number of carbonyl (C=O) groups excluding carboxylic acids is 2. The predicted octanol–water partition coefficient (Wildman–Crippen LogP) is 3.65. The minimum Gasteiger partial charge on any atom is -0.490 e. The highest BCUT2D eigenvalue weighted by Crippen LogP contribution is 2.26. The highest BCUT2D eigenvalue weighted by Gasteiger charge is 2.11. The summed E-state index contributed by atoms with van der Waals surface area (Å²) in [7, 11) is 0. The van der Waals surface area contributed by atoms with E-state index in [2.05, 4.69) is 5.32 Å². The molecule has 1 N–H and O–H groups in total. The van der Waals surface area contributed by atoms with Crippen molar-refractivity contribution >= 4 is 17.6 Å². The molecular formula is C21H25NO5. The second kappa shape index (κ2) is 10.2. The Labute approximate surface area is 159 Å². The van der Waals surface area contributed by atoms with Crippen molar-refractivity contribution in [3.8, 4) is 11.5 Å². The highest BCUT2D eigenvalue weighted by molar-refractivity contribution is 5.93. The van der Waals surface area contributed by atoms with Crippen LogP contribution in [0.1, 0.15) is 24.5 Å². The van der Waals surface area contributed by atoms with Crippen molar-refractivity contribution in [2.24, 2.45) is 0 Å². The molecule has 0 heterocycles. The van der Waals surface area contributed by atoms with Gasteiger partial charge in [-0.05, 0) is 44.0 Å². The molecule has 0 saturated heterocycles. The van der Waals surface area contributed by atoms with Crippen LogP contribution in [0.5, 0.6) is 11.5 Å². The maximum Gasteiger partial charge on any atom is 0.344 e. The van der Waals surface area contributed by atoms with E-state index in [0.717, 1.165) is 17.5 Å². The lowest BCUT2D eigenvalue weighted by molar-refractivity contribution is -0.149. The van der Waals surface area contributed by atoms with Crippen molar-refractivity contribution in [3.63, 3.8) is 0 Å². The molecule has 0 atom stereocenters. The second-order valence-electron chi connectivity index (χ2n) is 6.11. The molecule has 27 heavy (non-hydrogen) atoms. The van der Waals surface area contributed by atoms with Crippen molar-refractivity contribution < 1.29 is 23.8 Å². The van der Waals surface area contributed by atoms with E-state index in [0.29, 0.717) is 23.8 Å². The van der Waals surface area contributed by atoms with Crippen LogP contribution in [0.3, 0.4) is 0 Å². The molecule has 6 nitrogen and oxygen atoms in total. The summed E-state index contributed by atoms with van der Waals surface area (Å²) in [5, 5.41) is 2.72. The lowest BCUT2D eigenvalue weighted by atomic mass is 10.1. The number of amides is 1. The van der Waals surface area contributed by atoms with Gasteiger partial charge >= 0.3 is 5.97 Å². The fourth-order valence-corrected chi connectivity index (χ4v) is 2.37. The van der Waals surface area contributed by atoms with Crippen LogP contribution in [0.15, 0.2) is 42.5 Å². The van der Waals surface area contributed by atoms with E-state index < -0.39 is 11.9 Å². The number of esters is 1. The Hall–Kier alpha value is -3.02. The summed E-state index contributed by atoms with van der Waals surface area (Å²) in [6.07, 6.45) is 0.867. The first-order valence-electron chi connectivity index (χ1n) is 8.87. The van der Waals surface area contributed by atoms with Crippen molar-refractivity contribution in [1.29, 1.82) is 0 Å². The number of rotatable bonds is 9. The summed E-state index contributed by atoms with van der Waals surface area (Å²) in [4.78, 5) is 23.8. The molecule has 2 rings (SSSR count). The second-order valence-corrected chi connectivity index (χ2v) is 6.11. The van der Waals surface area contributed by atoms with Crippen molar-refractivity contribution in [2.45, 2.75) is 27.2 Å². The van der Waals surface area contributed by atoms with E-state index in [4.69, 9.17) is 14.2 Å². The zero-order valence-electron chi connectivity index (χ0n) is 15.9. The molecule has 0 aromatic heterocycles. The van der Waals surface area contributed by atoms with Crippen molar-refractivity contribution in [2.75, 3.05) is 25.1 Å². The third-order valence-electron chi connectivity index (χ3n) is 3.68. The Morgan fingerprint density at radius 2 is 1.67 bits per heavy atom. The molecule has 0 spiro atoms. The molecule has 0 saturated carbocycles. The summed E-state index contributed by atoms with van der Waals surface area (Å²) in [5.74, 6) is 0.000394. The van der Waals surface area contributed by atoms with Crippen LogP contribution in [-0.4, -0.2) is 31.7 Å². The van der Waals surface area contributed by atoms with Gasteiger partial charge in [0.15, 0.2) is 24.7 Å². The largest absolute Gasteiger partial charge is 0.490 e. The number of hydrogen-bond acceptors (Lipinski definition) is 5. The Kier molecular flexibility index (Phi) is 7.67. The van der Waals surface area contributed by atoms with Gasteiger partial charge in [-0.1, -0.05) is 36.8 Å². The van der Waals surface area contributed by atoms with E-state index >= 15 is 0 Å². The summed E-state index contributed by atoms with van der Waals surface area (Å²) in [6.45, 7) is 5.77. The minimum absolute atomic E-state index is 0.302. The molecule has 0 aliphatic rings. The fraction of sp³-hybridized carbons (Fsp3) is 0.333. The van der Waals surface area contributed by atoms with Gasteiger partial charge in [-0.2, -0.15) is 0 Å². The van der Waals surface area contributed by atoms with Gasteiger partial charge in [0, 0.05) is 5.69 Å². The smallest absolute Gasteiger partial charge is 0.344 e. The summed E-state index contributed by atoms with van der Waals surface area (Å²) >= 11 is 0. The normalized spacial score (nSPS) is 10.2. The SMILES string of the molecule is CCCOc1ccccc1OCC(=O)OCC(=O)Nc1ccc(C)cc1C. The number of anilines is 1. The van der Waals surface area contributed by atoms with Crippen LogP contribution in [0.2, 0.25) is 0 Å². The number of nitrogens with one attached hydrogen (secondary N) is 1. The van der Waals surface area contributed by atoms with Crippen LogP contribution in [0.25, 0.3) is 0 Å². The number of para-hydroxylation sites is 2. The molecule has 0 fully saturated rings. The predicted molar refractivity (Wildman–Crippen MR) is 103 cm³/mol. The molecule has 2 aromatic rings. The first-order chi connectivity index (χ1) is 13.0. The van der Waals surface area contributed by atoms with Gasteiger partial charge in [0.1, 0.15) is 0 Å². The summed E-state index contributed by atoms with van der Waals surface area (Å²) in [5.41, 5.74) is 2.75. The fourth-order valence-electron chi connectivity index (χ4n) is 2.37. The Morgan fingerprint density at radius 3 is 2.33 bits per heavy atom. The van der Waals surface area contributed by atoms with Crippen LogP contribution < -0.4 is 14.8 Å². The summed E-state index contributed by atoms with van der Waals surface area (Å²) < 4.78 is 16.0. The Bertz CT molecular complexity index is 788. The average Bonchev–Trinajstić information content (AvgIpc) is 2.66. The number of ether oxygens (including phenoxy) is 3. The van der Waals surface area contributed by atoms with Crippen LogP contribution >= 0.6 is 0 Å². The molecule has 144 valence electrons. The minimum atomic E-state index is -0.629. The van der Waals surface area contributed by atoms with Gasteiger partial charge < -0.3 is 19.5 Å². The first-order valence-corrected chi connectivity index (χ1v) is 8.87. The average molecular weight is 371 g/mol. The van der Waals surface area contributed by atoms with Gasteiger partial charge in [0.25, 0.3) is 5.91 Å². The van der Waals surface area contributed by atoms with Crippen molar-refractivity contribution in [1.82, 2.24) is 0 Å². The molecule has 1 amide bonds. The Balaban J connectivity index is 1.78. The van der Waals surface area contributed by atoms with Gasteiger partial charge in [0.2, 0.25) is 0 Å². The lowest BCUT2D eigenvalue weighted by Crippen LogP contribution is -2.24. The Morgan fingerprint density at radius 1 is 0.963 bits per heavy atom. The van der Waals surface area contributed by atoms with E-state index in [1.165, 1.54) is 0 Å². The van der Waals surface area contributed by atoms with Gasteiger partial charge in [0.05, 0.1) is 6.61 Å². The van der Waals surface area contributed by atoms with Crippen LogP contribution in [-0.2, 0) is 14.3 Å². The standard InChI is InChI=1S/C21H25NO5/c1-4-11-25-18-7-5-6-8-19(18)26-14-21(24)27-13-20(23)22-17-10-9-15(2)12-16(17)3/h5-10,12H,4,11,13-14H2,1-3H3,(H,22,23). The molecular weight excluding hydrogens is 346 g/mol. The maximum absolute atomic E-state index is 12.0. The number of benzene rings is 2. The lowest BCUT2D eigenvalue weighted by Gasteiger charge is -2.12. The molecule has 0 radical (unpaired) electrons.